The number of carbonyl (C=O) groups is 1. The van der Waals surface area contributed by atoms with E-state index in [1.807, 2.05) is 6.92 Å². The maximum atomic E-state index is 11.7. The molecule has 8 nitrogen and oxygen atoms in total. The number of hydrogen-bond acceptors (Lipinski definition) is 6. The van der Waals surface area contributed by atoms with E-state index in [9.17, 15) is 14.4 Å². The molecular weight excluding hydrogens is 294 g/mol. The Kier molecular flexibility index (Phi) is 4.52. The molecule has 0 spiro atoms. The molecule has 1 aromatic rings. The van der Waals surface area contributed by atoms with Crippen LogP contribution in [0.3, 0.4) is 0 Å². The summed E-state index contributed by atoms with van der Waals surface area (Å²) in [5.74, 6) is -0.351. The van der Waals surface area contributed by atoms with Crippen LogP contribution in [0.25, 0.3) is 0 Å². The van der Waals surface area contributed by atoms with E-state index in [0.717, 1.165) is 6.42 Å². The van der Waals surface area contributed by atoms with E-state index < -0.39 is 16.7 Å². The Labute approximate surface area is 125 Å². The number of nitrogens with zero attached hydrogens (tertiary/aromatic N) is 2. The molecule has 0 bridgehead atoms. The molecule has 1 amide bonds. The fourth-order valence-electron chi connectivity index (χ4n) is 2.63. The minimum absolute atomic E-state index is 0.112. The number of rotatable bonds is 5. The largest absolute Gasteiger partial charge is 0.368 e. The van der Waals surface area contributed by atoms with E-state index in [-0.39, 0.29) is 11.2 Å². The Morgan fingerprint density at radius 2 is 2.33 bits per heavy atom. The van der Waals surface area contributed by atoms with Gasteiger partial charge in [0.1, 0.15) is 0 Å². The van der Waals surface area contributed by atoms with E-state index in [0.29, 0.717) is 24.5 Å². The molecule has 0 aliphatic heterocycles. The lowest BCUT2D eigenvalue weighted by atomic mass is 9.97. The van der Waals surface area contributed by atoms with Crippen LogP contribution in [0.1, 0.15) is 26.2 Å². The Bertz CT molecular complexity index is 655. The molecular formula is C12H19N5O3S. The van der Waals surface area contributed by atoms with Crippen molar-refractivity contribution in [2.75, 3.05) is 6.54 Å². The van der Waals surface area contributed by atoms with Crippen LogP contribution in [-0.2, 0) is 11.8 Å². The molecule has 1 saturated carbocycles. The standard InChI is InChI=1S/C12H19N5O3S/c1-3-14-12(10(13)20)5-4-7(6-12)21-11-15-8(18)9(19)16-17(11)2/h7,14H,3-6H2,1-2H3,(H2,13,20)(H,16,19). The van der Waals surface area contributed by atoms with Gasteiger partial charge in [0.25, 0.3) is 0 Å². The van der Waals surface area contributed by atoms with Crippen molar-refractivity contribution in [3.8, 4) is 0 Å². The summed E-state index contributed by atoms with van der Waals surface area (Å²) < 4.78 is 1.42. The van der Waals surface area contributed by atoms with Gasteiger partial charge in [-0.15, -0.1) is 0 Å². The highest BCUT2D eigenvalue weighted by molar-refractivity contribution is 7.99. The predicted octanol–water partition coefficient (Wildman–Crippen LogP) is -1.05. The maximum Gasteiger partial charge on any atom is 0.339 e. The van der Waals surface area contributed by atoms with Crippen molar-refractivity contribution in [3.63, 3.8) is 0 Å². The van der Waals surface area contributed by atoms with E-state index in [2.05, 4.69) is 15.4 Å². The normalized spacial score (nSPS) is 25.1. The number of likely N-dealkylation sites (N-methyl/N-ethyl adjacent to an activating group) is 1. The van der Waals surface area contributed by atoms with Crippen molar-refractivity contribution >= 4 is 17.7 Å². The van der Waals surface area contributed by atoms with Gasteiger partial charge < -0.3 is 11.1 Å². The van der Waals surface area contributed by atoms with E-state index in [1.54, 1.807) is 7.05 Å². The Balaban J connectivity index is 2.16. The fraction of sp³-hybridized carbons (Fsp3) is 0.667. The van der Waals surface area contributed by atoms with E-state index in [4.69, 9.17) is 5.73 Å². The van der Waals surface area contributed by atoms with Crippen molar-refractivity contribution < 1.29 is 4.79 Å². The first-order valence-corrected chi connectivity index (χ1v) is 7.65. The summed E-state index contributed by atoms with van der Waals surface area (Å²) >= 11 is 1.38. The minimum Gasteiger partial charge on any atom is -0.368 e. The number of aryl methyl sites for hydroxylation is 1. The number of amides is 1. The number of aromatic nitrogens is 3. The Morgan fingerprint density at radius 3 is 2.95 bits per heavy atom. The highest BCUT2D eigenvalue weighted by Crippen LogP contribution is 2.39. The highest BCUT2D eigenvalue weighted by Gasteiger charge is 2.43. The topological polar surface area (TPSA) is 123 Å². The lowest BCUT2D eigenvalue weighted by molar-refractivity contribution is -0.124. The maximum absolute atomic E-state index is 11.7. The number of thioether (sulfide) groups is 1. The monoisotopic (exact) mass is 313 g/mol. The van der Waals surface area contributed by atoms with Crippen molar-refractivity contribution in [1.29, 1.82) is 0 Å². The van der Waals surface area contributed by atoms with Gasteiger partial charge >= 0.3 is 11.1 Å². The molecule has 1 fully saturated rings. The van der Waals surface area contributed by atoms with Crippen LogP contribution in [-0.4, -0.2) is 38.0 Å². The second-order valence-corrected chi connectivity index (χ2v) is 6.43. The van der Waals surface area contributed by atoms with Gasteiger partial charge in [-0.3, -0.25) is 24.2 Å². The third kappa shape index (κ3) is 3.18. The van der Waals surface area contributed by atoms with Gasteiger partial charge in [-0.2, -0.15) is 4.98 Å². The number of primary amides is 1. The summed E-state index contributed by atoms with van der Waals surface area (Å²) in [6.45, 7) is 2.59. The molecule has 4 N–H and O–H groups in total. The van der Waals surface area contributed by atoms with E-state index in [1.165, 1.54) is 16.4 Å². The number of aromatic amines is 1. The molecule has 1 heterocycles. The molecule has 21 heavy (non-hydrogen) atoms. The SMILES string of the molecule is CCNC1(C(N)=O)CCC(Sc2nc(=O)c(=O)[nH]n2C)C1. The van der Waals surface area contributed by atoms with Crippen LogP contribution in [0.4, 0.5) is 0 Å². The molecule has 1 aliphatic carbocycles. The third-order valence-electron chi connectivity index (χ3n) is 3.68. The van der Waals surface area contributed by atoms with Gasteiger partial charge in [0.2, 0.25) is 5.91 Å². The summed E-state index contributed by atoms with van der Waals surface area (Å²) in [6.07, 6.45) is 2.02. The number of nitrogens with two attached hydrogens (primary N) is 1. The number of hydrogen-bond donors (Lipinski definition) is 3. The lowest BCUT2D eigenvalue weighted by Gasteiger charge is -2.26. The van der Waals surface area contributed by atoms with Crippen LogP contribution in [0, 0.1) is 0 Å². The van der Waals surface area contributed by atoms with Gasteiger partial charge in [-0.1, -0.05) is 18.7 Å². The zero-order valence-electron chi connectivity index (χ0n) is 12.0. The van der Waals surface area contributed by atoms with Crippen LogP contribution in [0.2, 0.25) is 0 Å². The summed E-state index contributed by atoms with van der Waals surface area (Å²) in [5, 5.41) is 6.12. The summed E-state index contributed by atoms with van der Waals surface area (Å²) in [6, 6.07) is 0. The van der Waals surface area contributed by atoms with Crippen molar-refractivity contribution in [2.24, 2.45) is 12.8 Å². The molecule has 0 radical (unpaired) electrons. The molecule has 0 saturated heterocycles. The molecule has 0 aromatic carbocycles. The smallest absolute Gasteiger partial charge is 0.339 e. The third-order valence-corrected chi connectivity index (χ3v) is 4.99. The molecule has 1 aliphatic rings. The summed E-state index contributed by atoms with van der Waals surface area (Å²) in [5.41, 5.74) is 3.28. The first-order valence-electron chi connectivity index (χ1n) is 6.77. The van der Waals surface area contributed by atoms with Gasteiger partial charge in [-0.25, -0.2) is 0 Å². The van der Waals surface area contributed by atoms with Gasteiger partial charge in [0, 0.05) is 12.3 Å². The highest BCUT2D eigenvalue weighted by atomic mass is 32.2. The Hall–Kier alpha value is -1.61. The molecule has 2 rings (SSSR count). The van der Waals surface area contributed by atoms with Crippen LogP contribution >= 0.6 is 11.8 Å². The van der Waals surface area contributed by atoms with E-state index >= 15 is 0 Å². The average molecular weight is 313 g/mol. The first kappa shape index (κ1) is 15.8. The van der Waals surface area contributed by atoms with Crippen molar-refractivity contribution in [1.82, 2.24) is 20.1 Å². The number of H-pyrrole nitrogens is 1. The zero-order valence-corrected chi connectivity index (χ0v) is 12.8. The first-order chi connectivity index (χ1) is 9.88. The zero-order chi connectivity index (χ0) is 15.6. The Morgan fingerprint density at radius 1 is 1.62 bits per heavy atom. The second-order valence-electron chi connectivity index (χ2n) is 5.16. The number of carbonyl (C=O) groups excluding carboxylic acids is 1. The summed E-state index contributed by atoms with van der Waals surface area (Å²) in [4.78, 5) is 38.0. The van der Waals surface area contributed by atoms with Gasteiger partial charge in [0.15, 0.2) is 5.16 Å². The second kappa shape index (κ2) is 6.02. The molecule has 2 unspecified atom stereocenters. The van der Waals surface area contributed by atoms with Crippen LogP contribution in [0.15, 0.2) is 14.7 Å². The molecule has 9 heteroatoms. The van der Waals surface area contributed by atoms with Crippen LogP contribution < -0.4 is 22.2 Å². The lowest BCUT2D eigenvalue weighted by Crippen LogP contribution is -2.53. The molecule has 116 valence electrons. The number of nitrogens with one attached hydrogen (secondary N) is 2. The molecule has 2 atom stereocenters. The van der Waals surface area contributed by atoms with Crippen molar-refractivity contribution in [3.05, 3.63) is 20.7 Å². The van der Waals surface area contributed by atoms with Gasteiger partial charge in [-0.05, 0) is 25.8 Å². The average Bonchev–Trinajstić information content (AvgIpc) is 2.81. The van der Waals surface area contributed by atoms with Gasteiger partial charge in [0.05, 0.1) is 5.54 Å². The van der Waals surface area contributed by atoms with Crippen LogP contribution in [0.5, 0.6) is 0 Å². The minimum atomic E-state index is -0.804. The summed E-state index contributed by atoms with van der Waals surface area (Å²) in [7, 11) is 1.62. The fourth-order valence-corrected chi connectivity index (χ4v) is 3.87. The molecule has 1 aromatic heterocycles. The predicted molar refractivity (Wildman–Crippen MR) is 79.2 cm³/mol. The van der Waals surface area contributed by atoms with Crippen molar-refractivity contribution in [2.45, 2.75) is 42.1 Å². The quantitative estimate of drug-likeness (QED) is 0.596.